The maximum atomic E-state index is 12.8. The molecule has 23 heavy (non-hydrogen) atoms. The molecule has 3 heterocycles. The predicted octanol–water partition coefficient (Wildman–Crippen LogP) is 2.48. The summed E-state index contributed by atoms with van der Waals surface area (Å²) in [5.41, 5.74) is 2.80. The van der Waals surface area contributed by atoms with Crippen LogP contribution < -0.4 is 0 Å². The molecule has 0 unspecified atom stereocenters. The van der Waals surface area contributed by atoms with Crippen LogP contribution in [0.3, 0.4) is 0 Å². The molecule has 4 rings (SSSR count). The van der Waals surface area contributed by atoms with Gasteiger partial charge in [-0.15, -0.1) is 16.4 Å². The molecule has 0 saturated heterocycles. The summed E-state index contributed by atoms with van der Waals surface area (Å²) < 4.78 is 1.56. The Kier molecular flexibility index (Phi) is 3.42. The Morgan fingerprint density at radius 3 is 2.83 bits per heavy atom. The van der Waals surface area contributed by atoms with Crippen LogP contribution in [0, 0.1) is 0 Å². The van der Waals surface area contributed by atoms with E-state index in [1.165, 1.54) is 16.8 Å². The predicted molar refractivity (Wildman–Crippen MR) is 86.6 cm³/mol. The van der Waals surface area contributed by atoms with Crippen LogP contribution >= 0.6 is 11.3 Å². The molecule has 116 valence electrons. The van der Waals surface area contributed by atoms with Crippen molar-refractivity contribution in [3.8, 4) is 5.69 Å². The second kappa shape index (κ2) is 5.58. The van der Waals surface area contributed by atoms with Crippen LogP contribution in [0.4, 0.5) is 0 Å². The summed E-state index contributed by atoms with van der Waals surface area (Å²) >= 11 is 1.78. The molecule has 1 aliphatic heterocycles. The second-order valence-corrected chi connectivity index (χ2v) is 6.53. The highest BCUT2D eigenvalue weighted by molar-refractivity contribution is 7.10. The number of nitrogens with zero attached hydrogens (tertiary/aromatic N) is 5. The fourth-order valence-electron chi connectivity index (χ4n) is 2.99. The molecule has 0 spiro atoms. The summed E-state index contributed by atoms with van der Waals surface area (Å²) in [5, 5.41) is 13.2. The van der Waals surface area contributed by atoms with Crippen molar-refractivity contribution >= 4 is 17.2 Å². The average molecular weight is 325 g/mol. The van der Waals surface area contributed by atoms with E-state index in [1.807, 2.05) is 29.2 Å². The zero-order valence-corrected chi connectivity index (χ0v) is 13.4. The first-order valence-electron chi connectivity index (χ1n) is 7.44. The number of aromatic nitrogens is 4. The maximum absolute atomic E-state index is 12.8. The molecular weight excluding hydrogens is 310 g/mol. The van der Waals surface area contributed by atoms with Crippen LogP contribution in [0.15, 0.2) is 42.0 Å². The van der Waals surface area contributed by atoms with E-state index in [2.05, 4.69) is 33.9 Å². The SMILES string of the molecule is C[C@@H]1c2ccsc2CCN1C(=O)c1ccc(-n2cnnn2)cc1. The number of hydrogen-bond acceptors (Lipinski definition) is 5. The highest BCUT2D eigenvalue weighted by atomic mass is 32.1. The minimum atomic E-state index is 0.0672. The monoisotopic (exact) mass is 325 g/mol. The quantitative estimate of drug-likeness (QED) is 0.726. The van der Waals surface area contributed by atoms with Crippen molar-refractivity contribution in [1.82, 2.24) is 25.1 Å². The van der Waals surface area contributed by atoms with E-state index in [0.717, 1.165) is 18.7 Å². The fourth-order valence-corrected chi connectivity index (χ4v) is 3.95. The molecule has 1 aromatic carbocycles. The van der Waals surface area contributed by atoms with Gasteiger partial charge in [-0.2, -0.15) is 0 Å². The summed E-state index contributed by atoms with van der Waals surface area (Å²) in [6.07, 6.45) is 2.47. The van der Waals surface area contributed by atoms with Crippen LogP contribution in [-0.4, -0.2) is 37.6 Å². The van der Waals surface area contributed by atoms with Gasteiger partial charge in [-0.1, -0.05) is 0 Å². The van der Waals surface area contributed by atoms with Gasteiger partial charge in [-0.25, -0.2) is 4.68 Å². The third-order valence-electron chi connectivity index (χ3n) is 4.27. The molecule has 1 amide bonds. The Labute approximate surface area is 137 Å². The molecule has 0 saturated carbocycles. The van der Waals surface area contributed by atoms with Crippen LogP contribution in [0.2, 0.25) is 0 Å². The molecule has 1 aliphatic rings. The molecule has 0 bridgehead atoms. The number of fused-ring (bicyclic) bond motifs is 1. The zero-order valence-electron chi connectivity index (χ0n) is 12.6. The lowest BCUT2D eigenvalue weighted by molar-refractivity contribution is 0.0679. The van der Waals surface area contributed by atoms with Gasteiger partial charge in [0.1, 0.15) is 6.33 Å². The van der Waals surface area contributed by atoms with Crippen molar-refractivity contribution in [2.45, 2.75) is 19.4 Å². The zero-order chi connectivity index (χ0) is 15.8. The van der Waals surface area contributed by atoms with E-state index >= 15 is 0 Å². The van der Waals surface area contributed by atoms with Gasteiger partial charge in [0.05, 0.1) is 11.7 Å². The number of carbonyl (C=O) groups excluding carboxylic acids is 1. The number of benzene rings is 1. The Balaban J connectivity index is 1.58. The van der Waals surface area contributed by atoms with E-state index in [4.69, 9.17) is 0 Å². The maximum Gasteiger partial charge on any atom is 0.254 e. The van der Waals surface area contributed by atoms with Crippen molar-refractivity contribution in [1.29, 1.82) is 0 Å². The number of hydrogen-bond donors (Lipinski definition) is 0. The van der Waals surface area contributed by atoms with Gasteiger partial charge in [-0.3, -0.25) is 4.79 Å². The van der Waals surface area contributed by atoms with Gasteiger partial charge < -0.3 is 4.90 Å². The van der Waals surface area contributed by atoms with Crippen molar-refractivity contribution in [2.24, 2.45) is 0 Å². The summed E-state index contributed by atoms with van der Waals surface area (Å²) in [4.78, 5) is 16.2. The number of rotatable bonds is 2. The van der Waals surface area contributed by atoms with Crippen molar-refractivity contribution in [2.75, 3.05) is 6.54 Å². The Morgan fingerprint density at radius 1 is 1.26 bits per heavy atom. The van der Waals surface area contributed by atoms with Crippen LogP contribution in [0.25, 0.3) is 5.69 Å². The lowest BCUT2D eigenvalue weighted by Gasteiger charge is -2.33. The molecule has 2 aromatic heterocycles. The van der Waals surface area contributed by atoms with Crippen LogP contribution in [0.5, 0.6) is 0 Å². The normalized spacial score (nSPS) is 17.1. The number of carbonyl (C=O) groups is 1. The van der Waals surface area contributed by atoms with Crippen molar-refractivity contribution in [3.63, 3.8) is 0 Å². The highest BCUT2D eigenvalue weighted by Gasteiger charge is 2.28. The van der Waals surface area contributed by atoms with Gasteiger partial charge in [0.25, 0.3) is 5.91 Å². The fraction of sp³-hybridized carbons (Fsp3) is 0.250. The van der Waals surface area contributed by atoms with Crippen LogP contribution in [0.1, 0.15) is 33.8 Å². The van der Waals surface area contributed by atoms with Crippen molar-refractivity contribution < 1.29 is 4.79 Å². The molecular formula is C16H15N5OS. The highest BCUT2D eigenvalue weighted by Crippen LogP contribution is 2.33. The molecule has 0 fully saturated rings. The van der Waals surface area contributed by atoms with Crippen LogP contribution in [-0.2, 0) is 6.42 Å². The first-order valence-corrected chi connectivity index (χ1v) is 8.32. The van der Waals surface area contributed by atoms with Gasteiger partial charge in [0.15, 0.2) is 0 Å². The minimum absolute atomic E-state index is 0.0672. The largest absolute Gasteiger partial charge is 0.331 e. The smallest absolute Gasteiger partial charge is 0.254 e. The Morgan fingerprint density at radius 2 is 2.09 bits per heavy atom. The topological polar surface area (TPSA) is 63.9 Å². The first kappa shape index (κ1) is 14.1. The van der Waals surface area contributed by atoms with E-state index in [9.17, 15) is 4.79 Å². The summed E-state index contributed by atoms with van der Waals surface area (Å²) in [6, 6.07) is 9.62. The first-order chi connectivity index (χ1) is 11.2. The molecule has 6 nitrogen and oxygen atoms in total. The number of amides is 1. The molecule has 0 N–H and O–H groups in total. The Hall–Kier alpha value is -2.54. The summed E-state index contributed by atoms with van der Waals surface area (Å²) in [7, 11) is 0. The average Bonchev–Trinajstić information content (AvgIpc) is 3.27. The molecule has 3 aromatic rings. The second-order valence-electron chi connectivity index (χ2n) is 5.52. The summed E-state index contributed by atoms with van der Waals surface area (Å²) in [5.74, 6) is 0.0672. The molecule has 0 aliphatic carbocycles. The van der Waals surface area contributed by atoms with Gasteiger partial charge in [-0.05, 0) is 65.0 Å². The van der Waals surface area contributed by atoms with E-state index < -0.39 is 0 Å². The molecule has 7 heteroatoms. The van der Waals surface area contributed by atoms with E-state index in [-0.39, 0.29) is 11.9 Å². The van der Waals surface area contributed by atoms with Gasteiger partial charge in [0, 0.05) is 17.0 Å². The molecule has 0 radical (unpaired) electrons. The number of tetrazole rings is 1. The van der Waals surface area contributed by atoms with Gasteiger partial charge >= 0.3 is 0 Å². The third-order valence-corrected chi connectivity index (χ3v) is 5.26. The van der Waals surface area contributed by atoms with Gasteiger partial charge in [0.2, 0.25) is 0 Å². The van der Waals surface area contributed by atoms with E-state index in [0.29, 0.717) is 5.56 Å². The lowest BCUT2D eigenvalue weighted by Crippen LogP contribution is -2.38. The van der Waals surface area contributed by atoms with E-state index in [1.54, 1.807) is 16.0 Å². The summed E-state index contributed by atoms with van der Waals surface area (Å²) in [6.45, 7) is 2.86. The third kappa shape index (κ3) is 2.43. The number of thiophene rings is 1. The standard InChI is InChI=1S/C16H15N5OS/c1-11-14-7-9-23-15(14)6-8-20(11)16(22)12-2-4-13(5-3-12)21-10-17-18-19-21/h2-5,7,9-11H,6,8H2,1H3/t11-/m1/s1. The lowest BCUT2D eigenvalue weighted by atomic mass is 10.0. The van der Waals surface area contributed by atoms with Crippen molar-refractivity contribution in [3.05, 3.63) is 58.0 Å². The minimum Gasteiger partial charge on any atom is -0.331 e. The Bertz CT molecular complexity index is 825. The molecule has 1 atom stereocenters.